The highest BCUT2D eigenvalue weighted by atomic mass is 16.5. The molecule has 1 aliphatic rings. The maximum absolute atomic E-state index is 12.1. The second-order valence-electron chi connectivity index (χ2n) is 5.83. The van der Waals surface area contributed by atoms with Crippen LogP contribution in [0.25, 0.3) is 0 Å². The standard InChI is InChI=1S/C19H23N5O2/c1-20-19(23-13-15-7-4-5-10-21-15)22-11-6-12-24-16-8-2-3-9-17(16)26-14-18(24)25/h2-5,7-10H,6,11-14H2,1H3,(H2,20,22,23). The second-order valence-corrected chi connectivity index (χ2v) is 5.83. The number of anilines is 1. The number of ether oxygens (including phenoxy) is 1. The molecule has 1 aliphatic heterocycles. The summed E-state index contributed by atoms with van der Waals surface area (Å²) in [5, 5.41) is 6.48. The fraction of sp³-hybridized carbons (Fsp3) is 0.316. The van der Waals surface area contributed by atoms with E-state index < -0.39 is 0 Å². The van der Waals surface area contributed by atoms with Gasteiger partial charge >= 0.3 is 0 Å². The zero-order valence-electron chi connectivity index (χ0n) is 14.8. The van der Waals surface area contributed by atoms with Gasteiger partial charge in [-0.25, -0.2) is 0 Å². The molecule has 2 N–H and O–H groups in total. The average Bonchev–Trinajstić information content (AvgIpc) is 2.69. The zero-order valence-corrected chi connectivity index (χ0v) is 14.8. The molecule has 26 heavy (non-hydrogen) atoms. The lowest BCUT2D eigenvalue weighted by atomic mass is 10.2. The van der Waals surface area contributed by atoms with E-state index in [2.05, 4.69) is 20.6 Å². The molecule has 0 unspecified atom stereocenters. The SMILES string of the molecule is CN=C(NCCCN1C(=O)COc2ccccc21)NCc1ccccn1. The molecular formula is C19H23N5O2. The first-order valence-corrected chi connectivity index (χ1v) is 8.64. The van der Waals surface area contributed by atoms with Crippen LogP contribution in [0.2, 0.25) is 0 Å². The Labute approximate surface area is 153 Å². The van der Waals surface area contributed by atoms with E-state index in [1.165, 1.54) is 0 Å². The fourth-order valence-electron chi connectivity index (χ4n) is 2.74. The van der Waals surface area contributed by atoms with Gasteiger partial charge in [-0.15, -0.1) is 0 Å². The number of pyridine rings is 1. The molecular weight excluding hydrogens is 330 g/mol. The van der Waals surface area contributed by atoms with E-state index in [0.29, 0.717) is 25.6 Å². The number of rotatable bonds is 6. The molecule has 7 nitrogen and oxygen atoms in total. The quantitative estimate of drug-likeness (QED) is 0.468. The van der Waals surface area contributed by atoms with Crippen LogP contribution in [0.4, 0.5) is 5.69 Å². The van der Waals surface area contributed by atoms with Gasteiger partial charge in [0.2, 0.25) is 0 Å². The van der Waals surface area contributed by atoms with Gasteiger partial charge in [-0.2, -0.15) is 0 Å². The lowest BCUT2D eigenvalue weighted by molar-refractivity contribution is -0.121. The molecule has 3 rings (SSSR count). The Morgan fingerprint density at radius 3 is 2.88 bits per heavy atom. The van der Waals surface area contributed by atoms with Gasteiger partial charge in [0.15, 0.2) is 12.6 Å². The largest absolute Gasteiger partial charge is 0.482 e. The Kier molecular flexibility index (Phi) is 6.03. The molecule has 2 aromatic rings. The minimum atomic E-state index is -0.0126. The van der Waals surface area contributed by atoms with Crippen molar-refractivity contribution in [2.75, 3.05) is 31.6 Å². The van der Waals surface area contributed by atoms with Crippen molar-refractivity contribution in [3.05, 3.63) is 54.4 Å². The third-order valence-corrected chi connectivity index (χ3v) is 4.05. The van der Waals surface area contributed by atoms with E-state index in [0.717, 1.165) is 23.6 Å². The molecule has 0 spiro atoms. The molecule has 1 aromatic carbocycles. The Bertz CT molecular complexity index is 764. The van der Waals surface area contributed by atoms with E-state index in [4.69, 9.17) is 4.74 Å². The normalized spacial score (nSPS) is 13.8. The number of fused-ring (bicyclic) bond motifs is 1. The molecule has 0 bridgehead atoms. The van der Waals surface area contributed by atoms with Gasteiger partial charge in [0.1, 0.15) is 5.75 Å². The molecule has 0 aliphatic carbocycles. The Morgan fingerprint density at radius 2 is 2.08 bits per heavy atom. The van der Waals surface area contributed by atoms with Gasteiger partial charge in [-0.1, -0.05) is 18.2 Å². The van der Waals surface area contributed by atoms with E-state index in [9.17, 15) is 4.79 Å². The first-order valence-electron chi connectivity index (χ1n) is 8.64. The maximum Gasteiger partial charge on any atom is 0.265 e. The molecule has 1 aromatic heterocycles. The van der Waals surface area contributed by atoms with Gasteiger partial charge in [0, 0.05) is 26.3 Å². The highest BCUT2D eigenvalue weighted by molar-refractivity contribution is 5.97. The molecule has 0 saturated carbocycles. The number of carbonyl (C=O) groups excluding carboxylic acids is 1. The highest BCUT2D eigenvalue weighted by Crippen LogP contribution is 2.31. The van der Waals surface area contributed by atoms with Crippen molar-refractivity contribution >= 4 is 17.6 Å². The molecule has 2 heterocycles. The number of hydrogen-bond acceptors (Lipinski definition) is 4. The first-order chi connectivity index (χ1) is 12.8. The number of carbonyl (C=O) groups is 1. The molecule has 0 atom stereocenters. The van der Waals surface area contributed by atoms with Crippen LogP contribution >= 0.6 is 0 Å². The summed E-state index contributed by atoms with van der Waals surface area (Å²) in [6.07, 6.45) is 2.56. The van der Waals surface area contributed by atoms with Gasteiger partial charge < -0.3 is 20.3 Å². The van der Waals surface area contributed by atoms with Crippen molar-refractivity contribution in [1.82, 2.24) is 15.6 Å². The number of hydrogen-bond donors (Lipinski definition) is 2. The van der Waals surface area contributed by atoms with Gasteiger partial charge in [0.25, 0.3) is 5.91 Å². The van der Waals surface area contributed by atoms with Crippen molar-refractivity contribution in [2.45, 2.75) is 13.0 Å². The summed E-state index contributed by atoms with van der Waals surface area (Å²) in [4.78, 5) is 22.4. The van der Waals surface area contributed by atoms with Crippen LogP contribution in [0.5, 0.6) is 5.75 Å². The first kappa shape index (κ1) is 17.7. The third kappa shape index (κ3) is 4.50. The molecule has 7 heteroatoms. The minimum Gasteiger partial charge on any atom is -0.482 e. The number of guanidine groups is 1. The Balaban J connectivity index is 1.45. The molecule has 0 fully saturated rings. The van der Waals surface area contributed by atoms with Crippen LogP contribution in [0, 0.1) is 0 Å². The van der Waals surface area contributed by atoms with Crippen LogP contribution in [-0.2, 0) is 11.3 Å². The number of benzene rings is 1. The molecule has 0 radical (unpaired) electrons. The number of nitrogens with one attached hydrogen (secondary N) is 2. The van der Waals surface area contributed by atoms with Crippen LogP contribution in [-0.4, -0.2) is 43.6 Å². The molecule has 1 amide bonds. The monoisotopic (exact) mass is 353 g/mol. The Morgan fingerprint density at radius 1 is 1.23 bits per heavy atom. The topological polar surface area (TPSA) is 78.9 Å². The number of amides is 1. The lowest BCUT2D eigenvalue weighted by Gasteiger charge is -2.29. The van der Waals surface area contributed by atoms with Gasteiger partial charge in [-0.3, -0.25) is 14.8 Å². The van der Waals surface area contributed by atoms with Crippen LogP contribution in [0.1, 0.15) is 12.1 Å². The maximum atomic E-state index is 12.1. The van der Waals surface area contributed by atoms with E-state index in [1.54, 1.807) is 18.1 Å². The second kappa shape index (κ2) is 8.84. The van der Waals surface area contributed by atoms with Crippen molar-refractivity contribution in [3.63, 3.8) is 0 Å². The van der Waals surface area contributed by atoms with Crippen molar-refractivity contribution < 1.29 is 9.53 Å². The van der Waals surface area contributed by atoms with Gasteiger partial charge in [0.05, 0.1) is 17.9 Å². The number of para-hydroxylation sites is 2. The summed E-state index contributed by atoms with van der Waals surface area (Å²) < 4.78 is 5.46. The zero-order chi connectivity index (χ0) is 18.2. The highest BCUT2D eigenvalue weighted by Gasteiger charge is 2.24. The van der Waals surface area contributed by atoms with E-state index in [-0.39, 0.29) is 12.5 Å². The van der Waals surface area contributed by atoms with Crippen molar-refractivity contribution in [1.29, 1.82) is 0 Å². The number of nitrogens with zero attached hydrogens (tertiary/aromatic N) is 3. The summed E-state index contributed by atoms with van der Waals surface area (Å²) in [6.45, 7) is 2.03. The third-order valence-electron chi connectivity index (χ3n) is 4.05. The van der Waals surface area contributed by atoms with Crippen LogP contribution in [0.3, 0.4) is 0 Å². The summed E-state index contributed by atoms with van der Waals surface area (Å²) in [5.74, 6) is 1.46. The van der Waals surface area contributed by atoms with Crippen LogP contribution < -0.4 is 20.3 Å². The van der Waals surface area contributed by atoms with E-state index >= 15 is 0 Å². The predicted molar refractivity (Wildman–Crippen MR) is 101 cm³/mol. The fourth-order valence-corrected chi connectivity index (χ4v) is 2.74. The van der Waals surface area contributed by atoms with Crippen LogP contribution in [0.15, 0.2) is 53.7 Å². The number of aliphatic imine (C=N–C) groups is 1. The summed E-state index contributed by atoms with van der Waals surface area (Å²) in [7, 11) is 1.73. The number of aromatic nitrogens is 1. The smallest absolute Gasteiger partial charge is 0.265 e. The van der Waals surface area contributed by atoms with Crippen molar-refractivity contribution in [3.8, 4) is 5.75 Å². The summed E-state index contributed by atoms with van der Waals surface area (Å²) in [6, 6.07) is 13.4. The molecule has 0 saturated heterocycles. The summed E-state index contributed by atoms with van der Waals surface area (Å²) in [5.41, 5.74) is 1.78. The predicted octanol–water partition coefficient (Wildman–Crippen LogP) is 1.56. The summed E-state index contributed by atoms with van der Waals surface area (Å²) >= 11 is 0. The lowest BCUT2D eigenvalue weighted by Crippen LogP contribution is -2.42. The Hall–Kier alpha value is -3.09. The van der Waals surface area contributed by atoms with Crippen molar-refractivity contribution in [2.24, 2.45) is 4.99 Å². The van der Waals surface area contributed by atoms with Gasteiger partial charge in [-0.05, 0) is 30.7 Å². The minimum absolute atomic E-state index is 0.0126. The average molecular weight is 353 g/mol. The molecule has 136 valence electrons. The van der Waals surface area contributed by atoms with E-state index in [1.807, 2.05) is 42.5 Å².